The molecule has 0 spiro atoms. The maximum Gasteiger partial charge on any atom is 0.416 e. The van der Waals surface area contributed by atoms with Gasteiger partial charge in [0.15, 0.2) is 0 Å². The molecule has 6 aliphatic rings. The Morgan fingerprint density at radius 2 is 0.633 bits per heavy atom. The van der Waals surface area contributed by atoms with Crippen LogP contribution in [0.1, 0.15) is 179 Å². The highest BCUT2D eigenvalue weighted by Gasteiger charge is 2.56. The van der Waals surface area contributed by atoms with Crippen molar-refractivity contribution in [2.24, 2.45) is 0 Å². The van der Waals surface area contributed by atoms with Gasteiger partial charge in [0.2, 0.25) is 23.6 Å². The van der Waals surface area contributed by atoms with E-state index in [-0.39, 0.29) is 110 Å². The first-order chi connectivity index (χ1) is 56.0. The van der Waals surface area contributed by atoms with Crippen LogP contribution >= 0.6 is 0 Å². The number of hydrogen-bond acceptors (Lipinski definition) is 10. The predicted octanol–water partition coefficient (Wildman–Crippen LogP) is 18.3. The van der Waals surface area contributed by atoms with Crippen LogP contribution in [0.25, 0.3) is 0 Å². The molecule has 9 unspecified atom stereocenters. The van der Waals surface area contributed by atoms with Crippen molar-refractivity contribution >= 4 is 35.6 Å². The number of ether oxygens (including phenoxy) is 4. The number of piperidine rings is 3. The molecular weight excluding hydrogens is 1640 g/mol. The first-order valence-electron chi connectivity index (χ1n) is 37.5. The minimum Gasteiger partial charge on any atom is -0.453 e. The minimum atomic E-state index is -5.03. The zero-order chi connectivity index (χ0) is 87.8. The topological polar surface area (TPSA) is 185 Å². The van der Waals surface area contributed by atoms with E-state index < -0.39 is 185 Å². The Hall–Kier alpha value is -10.4. The zero-order valence-electron chi connectivity index (χ0n) is 63.9. The van der Waals surface area contributed by atoms with Crippen molar-refractivity contribution in [2.45, 2.75) is 194 Å². The first-order valence-corrected chi connectivity index (χ1v) is 37.5. The Balaban J connectivity index is 0.000000176. The number of carbonyl (C=O) groups is 6. The second kappa shape index (κ2) is 35.7. The van der Waals surface area contributed by atoms with Crippen LogP contribution in [-0.2, 0) is 75.2 Å². The van der Waals surface area contributed by atoms with Crippen molar-refractivity contribution in [2.75, 3.05) is 26.7 Å². The molecule has 6 amide bonds. The smallest absolute Gasteiger partial charge is 0.416 e. The van der Waals surface area contributed by atoms with Gasteiger partial charge in [0.05, 0.1) is 113 Å². The quantitative estimate of drug-likeness (QED) is 0.0787. The fourth-order valence-corrected chi connectivity index (χ4v) is 16.6. The third-order valence-electron chi connectivity index (χ3n) is 22.1. The Bertz CT molecular complexity index is 4740. The lowest BCUT2D eigenvalue weighted by Gasteiger charge is -2.39. The average molecular weight is 1720 g/mol. The summed E-state index contributed by atoms with van der Waals surface area (Å²) in [5.41, 5.74) is -7.81. The fraction of sp³-hybridized carbons (Fsp3) is 0.422. The summed E-state index contributed by atoms with van der Waals surface area (Å²) >= 11 is 0. The summed E-state index contributed by atoms with van der Waals surface area (Å²) < 4.78 is 306. The number of alkyl carbamates (subject to hydrolysis) is 1. The van der Waals surface area contributed by atoms with Crippen LogP contribution in [0, 0.1) is 17.5 Å². The highest BCUT2D eigenvalue weighted by atomic mass is 19.4. The number of rotatable bonds is 16. The molecule has 0 bridgehead atoms. The lowest BCUT2D eigenvalue weighted by atomic mass is 9.82. The molecule has 646 valence electrons. The molecule has 16 nitrogen and oxygen atoms in total. The van der Waals surface area contributed by atoms with Crippen LogP contribution in [0.3, 0.4) is 0 Å². The molecule has 0 radical (unpaired) electrons. The third-order valence-corrected chi connectivity index (χ3v) is 22.1. The number of nitrogens with one attached hydrogen (secondary N) is 3. The van der Waals surface area contributed by atoms with Crippen molar-refractivity contribution in [3.8, 4) is 0 Å². The van der Waals surface area contributed by atoms with Gasteiger partial charge in [-0.1, -0.05) is 54.6 Å². The summed E-state index contributed by atoms with van der Waals surface area (Å²) in [4.78, 5) is 80.1. The summed E-state index contributed by atoms with van der Waals surface area (Å²) in [6.45, 7) is 5.24. The molecule has 6 aliphatic heterocycles. The number of benzene rings is 7. The molecule has 6 saturated heterocycles. The number of fused-ring (bicyclic) bond motifs is 3. The van der Waals surface area contributed by atoms with Crippen molar-refractivity contribution in [1.29, 1.82) is 0 Å². The number of amides is 6. The van der Waals surface area contributed by atoms with E-state index in [0.717, 1.165) is 0 Å². The van der Waals surface area contributed by atoms with Gasteiger partial charge in [0.25, 0.3) is 5.91 Å². The molecule has 7 aromatic rings. The van der Waals surface area contributed by atoms with Gasteiger partial charge in [-0.2, -0.15) is 79.0 Å². The normalized spacial score (nSPS) is 24.1. The van der Waals surface area contributed by atoms with E-state index in [0.29, 0.717) is 71.5 Å². The monoisotopic (exact) mass is 1720 g/mol. The highest BCUT2D eigenvalue weighted by Crippen LogP contribution is 2.50. The van der Waals surface area contributed by atoms with E-state index in [9.17, 15) is 121 Å². The molecule has 0 aromatic heterocycles. The Morgan fingerprint density at radius 1 is 0.375 bits per heavy atom. The van der Waals surface area contributed by atoms with Gasteiger partial charge in [-0.25, -0.2) is 18.0 Å². The zero-order valence-corrected chi connectivity index (χ0v) is 63.9. The van der Waals surface area contributed by atoms with Gasteiger partial charge in [0.1, 0.15) is 17.5 Å². The molecule has 6 fully saturated rings. The van der Waals surface area contributed by atoms with Gasteiger partial charge in [-0.05, 0) is 177 Å². The van der Waals surface area contributed by atoms with Crippen LogP contribution in [-0.4, -0.2) is 132 Å². The number of halogens is 21. The number of methoxy groups -OCH3 is 1. The lowest BCUT2D eigenvalue weighted by Crippen LogP contribution is -2.56. The van der Waals surface area contributed by atoms with Crippen molar-refractivity contribution in [1.82, 2.24) is 30.7 Å². The van der Waals surface area contributed by atoms with Gasteiger partial charge in [-0.3, -0.25) is 24.0 Å². The van der Waals surface area contributed by atoms with E-state index in [4.69, 9.17) is 18.9 Å². The maximum atomic E-state index is 13.9. The molecule has 0 aliphatic carbocycles. The van der Waals surface area contributed by atoms with Crippen molar-refractivity contribution in [3.63, 3.8) is 0 Å². The second-order valence-electron chi connectivity index (χ2n) is 29.9. The summed E-state index contributed by atoms with van der Waals surface area (Å²) in [5, 5.41) is 8.50. The van der Waals surface area contributed by atoms with Crippen LogP contribution in [0.4, 0.5) is 97.0 Å². The fourth-order valence-electron chi connectivity index (χ4n) is 16.6. The molecular formula is C83H77F21N6O10. The standard InChI is InChI=1S/C31H27F7N2O3.C26H25F7N2O4.C26H25F7N2O3/c1-17(20-13-21(30(33,34)35)15-22(14-20)31(36,37)38)43-25-16-40-26(41)12-11-24(39-29(42)19-5-3-2-4-6-19)28(40)27(25)18-7-9-23(32)10-8-18;1-13(15-9-16(25(28,29)30)11-17(10-15)26(31,32)33)39-20-12-35-21(36)8-7-19(34-24(37)38-2)23(35)22(20)14-3-5-18(27)6-4-14;1-13(16-9-17(25(28,29)30)11-18(10-16)26(31,32)33)38-21-12-35-22(37)8-7-20(34-14(2)36)24(35)23(21)15-3-5-19(27)6-4-15/h2-10,13-15,17,24-25,27-28H,11-12,16H2,1H3,(H,39,42);3-6,9-11,13,19-20,22-23H,7-8,12H2,1-2H3,(H,34,37);3-6,9-11,13,20-21,23-24H,7-8,12H2,1-2H3,(H,34,36)/t17-,24?,25?,27-,28?;13-,19?,20?,22-,23?;13-,20?,21?,23-,24?/m111/s1. The summed E-state index contributed by atoms with van der Waals surface area (Å²) in [7, 11) is 1.17. The molecule has 6 heterocycles. The highest BCUT2D eigenvalue weighted by molar-refractivity contribution is 5.94. The largest absolute Gasteiger partial charge is 0.453 e. The summed E-state index contributed by atoms with van der Waals surface area (Å²) in [6, 6.07) is 24.7. The van der Waals surface area contributed by atoms with E-state index >= 15 is 0 Å². The van der Waals surface area contributed by atoms with Crippen LogP contribution in [0.5, 0.6) is 0 Å². The van der Waals surface area contributed by atoms with Gasteiger partial charge in [-0.15, -0.1) is 0 Å². The lowest BCUT2D eigenvalue weighted by molar-refractivity contribution is -0.145. The second-order valence-corrected chi connectivity index (χ2v) is 29.9. The van der Waals surface area contributed by atoms with Crippen molar-refractivity contribution < 1.29 is 140 Å². The van der Waals surface area contributed by atoms with Gasteiger partial charge < -0.3 is 49.6 Å². The summed E-state index contributed by atoms with van der Waals surface area (Å²) in [6.07, 6.45) is -36.0. The molecule has 120 heavy (non-hydrogen) atoms. The Morgan fingerprint density at radius 3 is 0.883 bits per heavy atom. The molecule has 7 aromatic carbocycles. The number of alkyl halides is 18. The van der Waals surface area contributed by atoms with Crippen LogP contribution in [0.15, 0.2) is 158 Å². The molecule has 3 N–H and O–H groups in total. The number of carbonyl (C=O) groups excluding carboxylic acids is 6. The predicted molar refractivity (Wildman–Crippen MR) is 385 cm³/mol. The van der Waals surface area contributed by atoms with E-state index in [2.05, 4.69) is 16.0 Å². The number of nitrogens with zero attached hydrogens (tertiary/aromatic N) is 3. The molecule has 13 rings (SSSR count). The van der Waals surface area contributed by atoms with Crippen molar-refractivity contribution in [3.05, 3.63) is 248 Å². The van der Waals surface area contributed by atoms with E-state index in [1.54, 1.807) is 30.3 Å². The van der Waals surface area contributed by atoms with Gasteiger partial charge in [0, 0.05) is 69.1 Å². The molecule has 37 heteroatoms. The summed E-state index contributed by atoms with van der Waals surface area (Å²) in [5.74, 6) is -5.00. The maximum absolute atomic E-state index is 13.9. The third kappa shape index (κ3) is 21.1. The van der Waals surface area contributed by atoms with Crippen LogP contribution < -0.4 is 16.0 Å². The van der Waals surface area contributed by atoms with E-state index in [1.807, 2.05) is 0 Å². The molecule has 0 saturated carbocycles. The first kappa shape index (κ1) is 90.3. The average Bonchev–Trinajstić information content (AvgIpc) is 1.61. The Labute approximate surface area is 672 Å². The Kier molecular flexibility index (Phi) is 26.9. The minimum absolute atomic E-state index is 0.00292. The SMILES string of the molecule is CC(=O)NC1CCC(=O)N2CC(O[C@H](C)c3cc(C(F)(F)F)cc(C(F)(F)F)c3)[C@@H](c3ccc(F)cc3)C12.COC(=O)NC1CCC(=O)N2CC(O[C@H](C)c3cc(C(F)(F)F)cc(C(F)(F)F)c3)[C@@H](c3ccc(F)cc3)C12.C[C@@H](OC1CN2C(=O)CCC(NC(=O)c3ccccc3)C2[C@@H]1c1ccc(F)cc1)c1cc(C(F)(F)F)cc(C(F)(F)F)c1. The number of hydrogen-bond donors (Lipinski definition) is 3. The molecule has 15 atom stereocenters. The van der Waals surface area contributed by atoms with Gasteiger partial charge >= 0.3 is 43.2 Å². The van der Waals surface area contributed by atoms with E-state index in [1.165, 1.54) is 122 Å². The van der Waals surface area contributed by atoms with Crippen LogP contribution in [0.2, 0.25) is 0 Å².